The van der Waals surface area contributed by atoms with Crippen LogP contribution in [0.2, 0.25) is 0 Å². The Labute approximate surface area is 60.5 Å². The van der Waals surface area contributed by atoms with Gasteiger partial charge in [-0.2, -0.15) is 5.10 Å². The standard InChI is InChI=1S/C7H11N3/c1-3-6-4-7(8-2)10-9-5-6/h4-5H,3H2,1-2H3,(H,8,10). The molecule has 0 bridgehead atoms. The monoisotopic (exact) mass is 137 g/mol. The maximum Gasteiger partial charge on any atom is 0.148 e. The molecular weight excluding hydrogens is 126 g/mol. The van der Waals surface area contributed by atoms with Crippen molar-refractivity contribution in [2.45, 2.75) is 13.3 Å². The van der Waals surface area contributed by atoms with Crippen LogP contribution in [0.4, 0.5) is 5.82 Å². The number of aryl methyl sites for hydroxylation is 1. The molecule has 0 fully saturated rings. The zero-order valence-corrected chi connectivity index (χ0v) is 6.26. The molecule has 0 aliphatic rings. The maximum atomic E-state index is 3.84. The quantitative estimate of drug-likeness (QED) is 0.662. The molecule has 0 aliphatic carbocycles. The fourth-order valence-corrected chi connectivity index (χ4v) is 0.722. The van der Waals surface area contributed by atoms with Crippen molar-refractivity contribution in [1.82, 2.24) is 10.2 Å². The van der Waals surface area contributed by atoms with Crippen molar-refractivity contribution >= 4 is 5.82 Å². The third-order valence-corrected chi connectivity index (χ3v) is 1.38. The van der Waals surface area contributed by atoms with E-state index in [2.05, 4.69) is 22.4 Å². The van der Waals surface area contributed by atoms with Crippen molar-refractivity contribution < 1.29 is 0 Å². The zero-order valence-electron chi connectivity index (χ0n) is 6.26. The molecule has 1 heterocycles. The highest BCUT2D eigenvalue weighted by Gasteiger charge is 1.91. The first-order chi connectivity index (χ1) is 4.86. The molecule has 1 aromatic heterocycles. The highest BCUT2D eigenvalue weighted by molar-refractivity contribution is 5.34. The molecule has 0 aliphatic heterocycles. The molecular formula is C7H11N3. The van der Waals surface area contributed by atoms with Crippen molar-refractivity contribution in [3.8, 4) is 0 Å². The Balaban J connectivity index is 2.87. The number of nitrogens with one attached hydrogen (secondary N) is 1. The number of anilines is 1. The predicted molar refractivity (Wildman–Crippen MR) is 41.0 cm³/mol. The second-order valence-corrected chi connectivity index (χ2v) is 2.05. The van der Waals surface area contributed by atoms with Gasteiger partial charge < -0.3 is 5.32 Å². The van der Waals surface area contributed by atoms with Gasteiger partial charge in [-0.05, 0) is 18.1 Å². The number of hydrogen-bond acceptors (Lipinski definition) is 3. The maximum absolute atomic E-state index is 3.84. The molecule has 0 saturated carbocycles. The van der Waals surface area contributed by atoms with E-state index in [1.165, 1.54) is 5.56 Å². The highest BCUT2D eigenvalue weighted by atomic mass is 15.2. The van der Waals surface area contributed by atoms with E-state index in [1.807, 2.05) is 13.1 Å². The van der Waals surface area contributed by atoms with E-state index in [-0.39, 0.29) is 0 Å². The van der Waals surface area contributed by atoms with Crippen LogP contribution in [0, 0.1) is 0 Å². The summed E-state index contributed by atoms with van der Waals surface area (Å²) in [7, 11) is 1.84. The zero-order chi connectivity index (χ0) is 7.40. The summed E-state index contributed by atoms with van der Waals surface area (Å²) < 4.78 is 0. The Hall–Kier alpha value is -1.12. The van der Waals surface area contributed by atoms with E-state index in [0.717, 1.165) is 12.2 Å². The molecule has 54 valence electrons. The summed E-state index contributed by atoms with van der Waals surface area (Å²) >= 11 is 0. The van der Waals surface area contributed by atoms with Crippen molar-refractivity contribution in [2.24, 2.45) is 0 Å². The Morgan fingerprint density at radius 1 is 1.60 bits per heavy atom. The predicted octanol–water partition coefficient (Wildman–Crippen LogP) is 1.08. The first-order valence-corrected chi connectivity index (χ1v) is 3.36. The summed E-state index contributed by atoms with van der Waals surface area (Å²) in [4.78, 5) is 0. The number of nitrogens with zero attached hydrogens (tertiary/aromatic N) is 2. The van der Waals surface area contributed by atoms with Gasteiger partial charge in [-0.15, -0.1) is 5.10 Å². The molecule has 0 radical (unpaired) electrons. The Morgan fingerprint density at radius 3 is 3.00 bits per heavy atom. The Kier molecular flexibility index (Phi) is 2.20. The lowest BCUT2D eigenvalue weighted by Crippen LogP contribution is -1.95. The lowest BCUT2D eigenvalue weighted by molar-refractivity contribution is 0.985. The van der Waals surface area contributed by atoms with Crippen LogP contribution < -0.4 is 5.32 Å². The molecule has 3 heteroatoms. The van der Waals surface area contributed by atoms with Gasteiger partial charge in [0.1, 0.15) is 5.82 Å². The van der Waals surface area contributed by atoms with Crippen LogP contribution >= 0.6 is 0 Å². The lowest BCUT2D eigenvalue weighted by atomic mass is 10.2. The molecule has 10 heavy (non-hydrogen) atoms. The number of hydrogen-bond donors (Lipinski definition) is 1. The fraction of sp³-hybridized carbons (Fsp3) is 0.429. The first-order valence-electron chi connectivity index (χ1n) is 3.36. The summed E-state index contributed by atoms with van der Waals surface area (Å²) in [5, 5.41) is 10.6. The summed E-state index contributed by atoms with van der Waals surface area (Å²) in [5.74, 6) is 0.833. The fourth-order valence-electron chi connectivity index (χ4n) is 0.722. The third kappa shape index (κ3) is 1.43. The largest absolute Gasteiger partial charge is 0.372 e. The molecule has 3 nitrogen and oxygen atoms in total. The minimum Gasteiger partial charge on any atom is -0.372 e. The van der Waals surface area contributed by atoms with Gasteiger partial charge in [-0.3, -0.25) is 0 Å². The molecule has 0 unspecified atom stereocenters. The van der Waals surface area contributed by atoms with E-state index in [4.69, 9.17) is 0 Å². The molecule has 1 aromatic rings. The summed E-state index contributed by atoms with van der Waals surface area (Å²) in [6.07, 6.45) is 2.78. The van der Waals surface area contributed by atoms with Crippen molar-refractivity contribution in [1.29, 1.82) is 0 Å². The van der Waals surface area contributed by atoms with E-state index in [1.54, 1.807) is 6.20 Å². The molecule has 0 atom stereocenters. The van der Waals surface area contributed by atoms with Crippen LogP contribution in [0.1, 0.15) is 12.5 Å². The van der Waals surface area contributed by atoms with Gasteiger partial charge in [0.05, 0.1) is 6.20 Å². The van der Waals surface area contributed by atoms with Gasteiger partial charge in [0.2, 0.25) is 0 Å². The second-order valence-electron chi connectivity index (χ2n) is 2.05. The molecule has 1 rings (SSSR count). The van der Waals surface area contributed by atoms with Gasteiger partial charge in [0.15, 0.2) is 0 Å². The van der Waals surface area contributed by atoms with E-state index in [0.29, 0.717) is 0 Å². The topological polar surface area (TPSA) is 37.8 Å². The average Bonchev–Trinajstić information content (AvgIpc) is 2.05. The van der Waals surface area contributed by atoms with E-state index >= 15 is 0 Å². The van der Waals surface area contributed by atoms with Crippen LogP contribution in [0.25, 0.3) is 0 Å². The first kappa shape index (κ1) is 6.99. The molecule has 1 N–H and O–H groups in total. The normalized spacial score (nSPS) is 9.40. The SMILES string of the molecule is CCc1cnnc(NC)c1. The molecule has 0 saturated heterocycles. The smallest absolute Gasteiger partial charge is 0.148 e. The van der Waals surface area contributed by atoms with Crippen molar-refractivity contribution in [3.05, 3.63) is 17.8 Å². The van der Waals surface area contributed by atoms with Crippen molar-refractivity contribution in [2.75, 3.05) is 12.4 Å². The van der Waals surface area contributed by atoms with Gasteiger partial charge >= 0.3 is 0 Å². The lowest BCUT2D eigenvalue weighted by Gasteiger charge is -1.98. The van der Waals surface area contributed by atoms with Gasteiger partial charge in [-0.1, -0.05) is 6.92 Å². The van der Waals surface area contributed by atoms with Crippen LogP contribution in [0.5, 0.6) is 0 Å². The molecule has 0 spiro atoms. The summed E-state index contributed by atoms with van der Waals surface area (Å²) in [6.45, 7) is 2.09. The average molecular weight is 137 g/mol. The number of aromatic nitrogens is 2. The van der Waals surface area contributed by atoms with Crippen molar-refractivity contribution in [3.63, 3.8) is 0 Å². The van der Waals surface area contributed by atoms with E-state index in [9.17, 15) is 0 Å². The molecule has 0 amide bonds. The highest BCUT2D eigenvalue weighted by Crippen LogP contribution is 2.03. The minimum atomic E-state index is 0.833. The van der Waals surface area contributed by atoms with Crippen LogP contribution in [0.3, 0.4) is 0 Å². The summed E-state index contributed by atoms with van der Waals surface area (Å²) in [6, 6.07) is 1.99. The van der Waals surface area contributed by atoms with Crippen LogP contribution in [-0.4, -0.2) is 17.2 Å². The Morgan fingerprint density at radius 2 is 2.40 bits per heavy atom. The molecule has 0 aromatic carbocycles. The summed E-state index contributed by atoms with van der Waals surface area (Å²) in [5.41, 5.74) is 1.21. The van der Waals surface area contributed by atoms with Gasteiger partial charge in [-0.25, -0.2) is 0 Å². The number of rotatable bonds is 2. The van der Waals surface area contributed by atoms with Crippen LogP contribution in [-0.2, 0) is 6.42 Å². The van der Waals surface area contributed by atoms with Gasteiger partial charge in [0.25, 0.3) is 0 Å². The van der Waals surface area contributed by atoms with Gasteiger partial charge in [0, 0.05) is 7.05 Å². The third-order valence-electron chi connectivity index (χ3n) is 1.38. The Bertz CT molecular complexity index is 191. The minimum absolute atomic E-state index is 0.833. The second kappa shape index (κ2) is 3.15. The van der Waals surface area contributed by atoms with Crippen LogP contribution in [0.15, 0.2) is 12.3 Å². The van der Waals surface area contributed by atoms with E-state index < -0.39 is 0 Å².